The van der Waals surface area contributed by atoms with Crippen molar-refractivity contribution >= 4 is 0 Å². The van der Waals surface area contributed by atoms with Crippen molar-refractivity contribution in [3.05, 3.63) is 47.8 Å². The SMILES string of the molecule is CCCNCC(Cc1ncnn1CC)c1cccc(F)c1. The second-order valence-corrected chi connectivity index (χ2v) is 5.15. The fourth-order valence-electron chi connectivity index (χ4n) is 2.45. The predicted molar refractivity (Wildman–Crippen MR) is 81.7 cm³/mol. The third-order valence-corrected chi connectivity index (χ3v) is 3.56. The largest absolute Gasteiger partial charge is 0.316 e. The van der Waals surface area contributed by atoms with Crippen LogP contribution in [0, 0.1) is 5.82 Å². The fraction of sp³-hybridized carbons (Fsp3) is 0.500. The first-order chi connectivity index (χ1) is 10.2. The minimum Gasteiger partial charge on any atom is -0.316 e. The zero-order chi connectivity index (χ0) is 15.1. The number of aryl methyl sites for hydroxylation is 1. The van der Waals surface area contributed by atoms with Crippen molar-refractivity contribution in [3.63, 3.8) is 0 Å². The lowest BCUT2D eigenvalue weighted by molar-refractivity contribution is 0.533. The van der Waals surface area contributed by atoms with E-state index >= 15 is 0 Å². The van der Waals surface area contributed by atoms with Crippen molar-refractivity contribution in [3.8, 4) is 0 Å². The molecule has 1 aromatic heterocycles. The van der Waals surface area contributed by atoms with E-state index < -0.39 is 0 Å². The standard InChI is InChI=1S/C16H23FN4/c1-3-8-18-11-14(13-6-5-7-15(17)9-13)10-16-19-12-20-21(16)4-2/h5-7,9,12,14,18H,3-4,8,10-11H2,1-2H3. The fourth-order valence-corrected chi connectivity index (χ4v) is 2.45. The smallest absolute Gasteiger partial charge is 0.138 e. The first-order valence-corrected chi connectivity index (χ1v) is 7.57. The summed E-state index contributed by atoms with van der Waals surface area (Å²) in [6.07, 6.45) is 3.43. The van der Waals surface area contributed by atoms with Gasteiger partial charge in [0.2, 0.25) is 0 Å². The van der Waals surface area contributed by atoms with Gasteiger partial charge in [0.15, 0.2) is 0 Å². The predicted octanol–water partition coefficient (Wildman–Crippen LogP) is 2.76. The number of halogens is 1. The Kier molecular flexibility index (Phi) is 5.87. The van der Waals surface area contributed by atoms with Crippen LogP contribution in [0.25, 0.3) is 0 Å². The summed E-state index contributed by atoms with van der Waals surface area (Å²) in [4.78, 5) is 4.33. The van der Waals surface area contributed by atoms with Gasteiger partial charge in [0.05, 0.1) is 0 Å². The molecule has 0 amide bonds. The number of hydrogen-bond donors (Lipinski definition) is 1. The summed E-state index contributed by atoms with van der Waals surface area (Å²) >= 11 is 0. The molecule has 0 radical (unpaired) electrons. The van der Waals surface area contributed by atoms with Crippen molar-refractivity contribution < 1.29 is 4.39 Å². The summed E-state index contributed by atoms with van der Waals surface area (Å²) < 4.78 is 15.4. The van der Waals surface area contributed by atoms with Gasteiger partial charge in [-0.2, -0.15) is 5.10 Å². The molecule has 2 rings (SSSR count). The maximum atomic E-state index is 13.5. The third-order valence-electron chi connectivity index (χ3n) is 3.56. The highest BCUT2D eigenvalue weighted by Crippen LogP contribution is 2.20. The highest BCUT2D eigenvalue weighted by atomic mass is 19.1. The van der Waals surface area contributed by atoms with Gasteiger partial charge < -0.3 is 5.32 Å². The minimum absolute atomic E-state index is 0.190. The Bertz CT molecular complexity index is 553. The topological polar surface area (TPSA) is 42.7 Å². The molecular weight excluding hydrogens is 267 g/mol. The van der Waals surface area contributed by atoms with Crippen LogP contribution in [0.4, 0.5) is 4.39 Å². The number of hydrogen-bond acceptors (Lipinski definition) is 3. The zero-order valence-corrected chi connectivity index (χ0v) is 12.7. The summed E-state index contributed by atoms with van der Waals surface area (Å²) in [6.45, 7) is 6.76. The first kappa shape index (κ1) is 15.6. The molecule has 0 spiro atoms. The Morgan fingerprint density at radius 3 is 2.90 bits per heavy atom. The molecule has 0 saturated heterocycles. The van der Waals surface area contributed by atoms with Gasteiger partial charge in [-0.05, 0) is 37.6 Å². The van der Waals surface area contributed by atoms with Crippen LogP contribution in [0.2, 0.25) is 0 Å². The summed E-state index contributed by atoms with van der Waals surface area (Å²) in [5.74, 6) is 0.955. The van der Waals surface area contributed by atoms with E-state index in [4.69, 9.17) is 0 Å². The van der Waals surface area contributed by atoms with Crippen LogP contribution in [-0.4, -0.2) is 27.9 Å². The molecule has 1 unspecified atom stereocenters. The van der Waals surface area contributed by atoms with Gasteiger partial charge in [0.25, 0.3) is 0 Å². The molecule has 114 valence electrons. The highest BCUT2D eigenvalue weighted by molar-refractivity contribution is 5.22. The van der Waals surface area contributed by atoms with Crippen LogP contribution in [0.5, 0.6) is 0 Å². The summed E-state index contributed by atoms with van der Waals surface area (Å²) in [5.41, 5.74) is 1.00. The lowest BCUT2D eigenvalue weighted by Gasteiger charge is -2.18. The van der Waals surface area contributed by atoms with Crippen molar-refractivity contribution in [2.24, 2.45) is 0 Å². The van der Waals surface area contributed by atoms with Gasteiger partial charge in [0.1, 0.15) is 18.0 Å². The first-order valence-electron chi connectivity index (χ1n) is 7.57. The number of benzene rings is 1. The zero-order valence-electron chi connectivity index (χ0n) is 12.7. The van der Waals surface area contributed by atoms with E-state index in [0.717, 1.165) is 43.9 Å². The lowest BCUT2D eigenvalue weighted by Crippen LogP contribution is -2.24. The van der Waals surface area contributed by atoms with Crippen LogP contribution in [0.15, 0.2) is 30.6 Å². The van der Waals surface area contributed by atoms with E-state index in [9.17, 15) is 4.39 Å². The molecule has 0 aliphatic carbocycles. The van der Waals surface area contributed by atoms with Gasteiger partial charge in [0, 0.05) is 25.4 Å². The van der Waals surface area contributed by atoms with Gasteiger partial charge in [-0.1, -0.05) is 19.1 Å². The third kappa shape index (κ3) is 4.36. The van der Waals surface area contributed by atoms with Crippen LogP contribution >= 0.6 is 0 Å². The molecule has 0 fully saturated rings. The molecule has 0 aliphatic rings. The van der Waals surface area contributed by atoms with Crippen molar-refractivity contribution in [2.75, 3.05) is 13.1 Å². The monoisotopic (exact) mass is 290 g/mol. The molecule has 1 N–H and O–H groups in total. The molecule has 4 nitrogen and oxygen atoms in total. The summed E-state index contributed by atoms with van der Waals surface area (Å²) in [7, 11) is 0. The van der Waals surface area contributed by atoms with Crippen molar-refractivity contribution in [1.29, 1.82) is 0 Å². The van der Waals surface area contributed by atoms with Crippen molar-refractivity contribution in [2.45, 2.75) is 39.2 Å². The normalized spacial score (nSPS) is 12.5. The molecule has 1 atom stereocenters. The Balaban J connectivity index is 2.15. The van der Waals surface area contributed by atoms with E-state index in [0.29, 0.717) is 0 Å². The number of aromatic nitrogens is 3. The molecule has 0 aliphatic heterocycles. The maximum Gasteiger partial charge on any atom is 0.138 e. The van der Waals surface area contributed by atoms with Crippen molar-refractivity contribution in [1.82, 2.24) is 20.1 Å². The van der Waals surface area contributed by atoms with E-state index in [2.05, 4.69) is 22.3 Å². The molecule has 1 heterocycles. The van der Waals surface area contributed by atoms with Crippen LogP contribution in [0.3, 0.4) is 0 Å². The average Bonchev–Trinajstić information content (AvgIpc) is 2.93. The van der Waals surface area contributed by atoms with Gasteiger partial charge >= 0.3 is 0 Å². The molecule has 2 aromatic rings. The maximum absolute atomic E-state index is 13.5. The second-order valence-electron chi connectivity index (χ2n) is 5.15. The van der Waals surface area contributed by atoms with E-state index in [1.807, 2.05) is 17.7 Å². The number of nitrogens with one attached hydrogen (secondary N) is 1. The van der Waals surface area contributed by atoms with Crippen LogP contribution in [-0.2, 0) is 13.0 Å². The van der Waals surface area contributed by atoms with Crippen LogP contribution in [0.1, 0.15) is 37.6 Å². The lowest BCUT2D eigenvalue weighted by atomic mass is 9.95. The van der Waals surface area contributed by atoms with Gasteiger partial charge in [-0.3, -0.25) is 4.68 Å². The van der Waals surface area contributed by atoms with Gasteiger partial charge in [-0.15, -0.1) is 0 Å². The summed E-state index contributed by atoms with van der Waals surface area (Å²) in [5, 5.41) is 7.63. The molecular formula is C16H23FN4. The molecule has 0 saturated carbocycles. The minimum atomic E-state index is -0.190. The summed E-state index contributed by atoms with van der Waals surface area (Å²) in [6, 6.07) is 6.84. The molecule has 5 heteroatoms. The van der Waals surface area contributed by atoms with E-state index in [-0.39, 0.29) is 11.7 Å². The quantitative estimate of drug-likeness (QED) is 0.760. The molecule has 1 aromatic carbocycles. The number of nitrogens with zero attached hydrogens (tertiary/aromatic N) is 3. The second kappa shape index (κ2) is 7.88. The number of rotatable bonds is 8. The Labute approximate surface area is 125 Å². The average molecular weight is 290 g/mol. The van der Waals surface area contributed by atoms with E-state index in [1.165, 1.54) is 6.07 Å². The Morgan fingerprint density at radius 2 is 2.19 bits per heavy atom. The highest BCUT2D eigenvalue weighted by Gasteiger charge is 2.16. The van der Waals surface area contributed by atoms with Gasteiger partial charge in [-0.25, -0.2) is 9.37 Å². The Morgan fingerprint density at radius 1 is 1.33 bits per heavy atom. The molecule has 21 heavy (non-hydrogen) atoms. The molecule has 0 bridgehead atoms. The van der Waals surface area contributed by atoms with Crippen LogP contribution < -0.4 is 5.32 Å². The van der Waals surface area contributed by atoms with E-state index in [1.54, 1.807) is 18.5 Å². The Hall–Kier alpha value is -1.75.